The predicted octanol–water partition coefficient (Wildman–Crippen LogP) is 2.19. The normalized spacial score (nSPS) is 12.8. The van der Waals surface area contributed by atoms with Gasteiger partial charge in [0.15, 0.2) is 0 Å². The quantitative estimate of drug-likeness (QED) is 0.374. The summed E-state index contributed by atoms with van der Waals surface area (Å²) in [7, 11) is -1.32. The molecule has 0 saturated heterocycles. The Morgan fingerprint density at radius 2 is 1.83 bits per heavy atom. The van der Waals surface area contributed by atoms with Crippen LogP contribution in [0, 0.1) is 11.5 Å². The van der Waals surface area contributed by atoms with Crippen LogP contribution >= 0.6 is 0 Å². The molecule has 0 aromatic rings. The highest BCUT2D eigenvalue weighted by Gasteiger charge is 2.07. The zero-order valence-corrected chi connectivity index (χ0v) is 9.60. The number of rotatable bonds is 1. The lowest BCUT2D eigenvalue weighted by molar-refractivity contribution is 0.280. The van der Waals surface area contributed by atoms with Crippen molar-refractivity contribution in [3.8, 4) is 11.5 Å². The Labute approximate surface area is 76.5 Å². The fourth-order valence-corrected chi connectivity index (χ4v) is 1.23. The largest absolute Gasteiger partial charge is 0.377 e. The molecule has 0 aliphatic carbocycles. The van der Waals surface area contributed by atoms with Crippen LogP contribution in [0.1, 0.15) is 13.8 Å². The summed E-state index contributed by atoms with van der Waals surface area (Å²) in [5.74, 6) is 2.84. The Morgan fingerprint density at radius 3 is 2.17 bits per heavy atom. The Bertz CT molecular complexity index is 220. The molecule has 1 atom stereocenters. The Hall–Kier alpha value is -0.523. The van der Waals surface area contributed by atoms with Gasteiger partial charge in [0.2, 0.25) is 0 Å². The third-order valence-electron chi connectivity index (χ3n) is 1.09. The number of allylic oxidation sites excluding steroid dienone is 1. The van der Waals surface area contributed by atoms with Gasteiger partial charge < -0.3 is 5.11 Å². The lowest BCUT2D eigenvalue weighted by atomic mass is 10.2. The third-order valence-corrected chi connectivity index (χ3v) is 1.98. The molecule has 0 aliphatic rings. The summed E-state index contributed by atoms with van der Waals surface area (Å²) in [5, 5.41) is 9.36. The Morgan fingerprint density at radius 1 is 1.33 bits per heavy atom. The second-order valence-electron chi connectivity index (χ2n) is 4.21. The minimum absolute atomic E-state index is 0.582. The van der Waals surface area contributed by atoms with Crippen molar-refractivity contribution in [3.05, 3.63) is 11.6 Å². The summed E-state index contributed by atoms with van der Waals surface area (Å²) in [6.45, 7) is 10.4. The maximum absolute atomic E-state index is 9.36. The van der Waals surface area contributed by atoms with E-state index < -0.39 is 14.2 Å². The van der Waals surface area contributed by atoms with Gasteiger partial charge in [0.25, 0.3) is 0 Å². The van der Waals surface area contributed by atoms with E-state index in [1.165, 1.54) is 0 Å². The molecular weight excluding hydrogens is 164 g/mol. The van der Waals surface area contributed by atoms with E-state index in [-0.39, 0.29) is 0 Å². The molecule has 0 radical (unpaired) electrons. The van der Waals surface area contributed by atoms with Crippen LogP contribution in [0.25, 0.3) is 0 Å². The topological polar surface area (TPSA) is 20.2 Å². The van der Waals surface area contributed by atoms with Crippen LogP contribution in [0.4, 0.5) is 0 Å². The van der Waals surface area contributed by atoms with Crippen molar-refractivity contribution in [3.63, 3.8) is 0 Å². The van der Waals surface area contributed by atoms with E-state index in [4.69, 9.17) is 0 Å². The van der Waals surface area contributed by atoms with E-state index in [1.807, 2.05) is 13.8 Å². The summed E-state index contributed by atoms with van der Waals surface area (Å²) < 4.78 is 0. The number of aliphatic hydroxyl groups excluding tert-OH is 1. The van der Waals surface area contributed by atoms with E-state index in [0.29, 0.717) is 0 Å². The molecule has 0 aliphatic heterocycles. The predicted molar refractivity (Wildman–Crippen MR) is 56.6 cm³/mol. The number of hydrogen-bond donors (Lipinski definition) is 1. The van der Waals surface area contributed by atoms with Crippen LogP contribution in [0.3, 0.4) is 0 Å². The molecule has 2 heteroatoms. The monoisotopic (exact) mass is 182 g/mol. The second kappa shape index (κ2) is 4.49. The average molecular weight is 182 g/mol. The van der Waals surface area contributed by atoms with Crippen LogP contribution < -0.4 is 0 Å². The maximum atomic E-state index is 9.36. The third kappa shape index (κ3) is 7.58. The van der Waals surface area contributed by atoms with Crippen molar-refractivity contribution in [2.24, 2.45) is 0 Å². The Kier molecular flexibility index (Phi) is 4.29. The molecule has 68 valence electrons. The fourth-order valence-electron chi connectivity index (χ4n) is 0.648. The molecule has 12 heavy (non-hydrogen) atoms. The zero-order chi connectivity index (χ0) is 9.78. The lowest BCUT2D eigenvalue weighted by Gasteiger charge is -2.04. The van der Waals surface area contributed by atoms with Crippen LogP contribution in [0.15, 0.2) is 11.6 Å². The summed E-state index contributed by atoms with van der Waals surface area (Å²) in [6, 6.07) is 0. The number of hydrogen-bond acceptors (Lipinski definition) is 1. The molecule has 0 saturated carbocycles. The smallest absolute Gasteiger partial charge is 0.133 e. The van der Waals surface area contributed by atoms with Gasteiger partial charge in [-0.2, -0.15) is 0 Å². The molecule has 0 amide bonds. The van der Waals surface area contributed by atoms with Gasteiger partial charge in [-0.05, 0) is 19.9 Å². The van der Waals surface area contributed by atoms with Crippen molar-refractivity contribution >= 4 is 8.07 Å². The summed E-state index contributed by atoms with van der Waals surface area (Å²) >= 11 is 0. The standard InChI is InChI=1S/C10H18OSi/c1-9(2)8-10(11)6-7-12(3,4)5/h8,10-11H,1-5H3. The lowest BCUT2D eigenvalue weighted by Crippen LogP contribution is -2.17. The van der Waals surface area contributed by atoms with Gasteiger partial charge in [-0.3, -0.25) is 0 Å². The van der Waals surface area contributed by atoms with Crippen molar-refractivity contribution in [2.75, 3.05) is 0 Å². The summed E-state index contributed by atoms with van der Waals surface area (Å²) in [4.78, 5) is 0. The molecule has 1 nitrogen and oxygen atoms in total. The first-order chi connectivity index (χ1) is 5.31. The molecule has 0 bridgehead atoms. The molecule has 0 spiro atoms. The van der Waals surface area contributed by atoms with Crippen LogP contribution in [-0.4, -0.2) is 19.3 Å². The van der Waals surface area contributed by atoms with E-state index in [2.05, 4.69) is 31.1 Å². The van der Waals surface area contributed by atoms with Gasteiger partial charge in [-0.1, -0.05) is 31.1 Å². The molecule has 0 fully saturated rings. The first-order valence-electron chi connectivity index (χ1n) is 4.17. The van der Waals surface area contributed by atoms with Gasteiger partial charge in [0, 0.05) is 0 Å². The first kappa shape index (κ1) is 11.5. The van der Waals surface area contributed by atoms with Crippen molar-refractivity contribution < 1.29 is 5.11 Å². The highest BCUT2D eigenvalue weighted by atomic mass is 28.3. The summed E-state index contributed by atoms with van der Waals surface area (Å²) in [6.07, 6.45) is 1.19. The fraction of sp³-hybridized carbons (Fsp3) is 0.600. The van der Waals surface area contributed by atoms with Crippen LogP contribution in [0.5, 0.6) is 0 Å². The minimum Gasteiger partial charge on any atom is -0.377 e. The van der Waals surface area contributed by atoms with E-state index in [0.717, 1.165) is 5.57 Å². The van der Waals surface area contributed by atoms with Gasteiger partial charge in [-0.15, -0.1) is 5.54 Å². The molecular formula is C10H18OSi. The number of aliphatic hydroxyl groups is 1. The van der Waals surface area contributed by atoms with Crippen LogP contribution in [0.2, 0.25) is 19.6 Å². The van der Waals surface area contributed by atoms with Gasteiger partial charge in [0.05, 0.1) is 0 Å². The van der Waals surface area contributed by atoms with Gasteiger partial charge in [0.1, 0.15) is 14.2 Å². The SMILES string of the molecule is CC(C)=CC(O)C#C[Si](C)(C)C. The molecule has 0 aromatic heterocycles. The molecule has 0 heterocycles. The van der Waals surface area contributed by atoms with Gasteiger partial charge >= 0.3 is 0 Å². The molecule has 0 rings (SSSR count). The first-order valence-corrected chi connectivity index (χ1v) is 7.67. The molecule has 1 unspecified atom stereocenters. The highest BCUT2D eigenvalue weighted by molar-refractivity contribution is 6.83. The van der Waals surface area contributed by atoms with Crippen molar-refractivity contribution in [1.29, 1.82) is 0 Å². The van der Waals surface area contributed by atoms with Crippen LogP contribution in [-0.2, 0) is 0 Å². The summed E-state index contributed by atoms with van der Waals surface area (Å²) in [5.41, 5.74) is 4.23. The van der Waals surface area contributed by atoms with Gasteiger partial charge in [-0.25, -0.2) is 0 Å². The van der Waals surface area contributed by atoms with Crippen molar-refractivity contribution in [2.45, 2.75) is 39.6 Å². The Balaban J connectivity index is 4.24. The minimum atomic E-state index is -1.32. The maximum Gasteiger partial charge on any atom is 0.133 e. The van der Waals surface area contributed by atoms with E-state index in [1.54, 1.807) is 6.08 Å². The zero-order valence-electron chi connectivity index (χ0n) is 8.60. The molecule has 1 N–H and O–H groups in total. The average Bonchev–Trinajstić information content (AvgIpc) is 1.80. The van der Waals surface area contributed by atoms with Crippen molar-refractivity contribution in [1.82, 2.24) is 0 Å². The van der Waals surface area contributed by atoms with E-state index in [9.17, 15) is 5.11 Å². The second-order valence-corrected chi connectivity index (χ2v) is 8.96. The molecule has 0 aromatic carbocycles. The highest BCUT2D eigenvalue weighted by Crippen LogP contribution is 1.98. The van der Waals surface area contributed by atoms with E-state index >= 15 is 0 Å².